The van der Waals surface area contributed by atoms with E-state index in [1.165, 1.54) is 11.1 Å². The van der Waals surface area contributed by atoms with Crippen LogP contribution in [0.3, 0.4) is 0 Å². The second-order valence-electron chi connectivity index (χ2n) is 6.30. The van der Waals surface area contributed by atoms with E-state index in [1.54, 1.807) is 0 Å². The number of β-amino-alcohol motifs (C(OH)–C–C–N with tert-alkyl or cyclic N) is 1. The molecule has 0 aromatic heterocycles. The third-order valence-electron chi connectivity index (χ3n) is 4.59. The van der Waals surface area contributed by atoms with Crippen LogP contribution in [0.2, 0.25) is 0 Å². The van der Waals surface area contributed by atoms with Crippen LogP contribution in [0.1, 0.15) is 37.3 Å². The van der Waals surface area contributed by atoms with Crippen LogP contribution in [0, 0.1) is 12.3 Å². The Bertz CT molecular complexity index is 531. The van der Waals surface area contributed by atoms with Gasteiger partial charge in [0, 0.05) is 13.1 Å². The van der Waals surface area contributed by atoms with Gasteiger partial charge in [-0.2, -0.15) is 0 Å². The van der Waals surface area contributed by atoms with Crippen LogP contribution < -0.4 is 0 Å². The molecule has 2 rings (SSSR count). The van der Waals surface area contributed by atoms with Crippen molar-refractivity contribution in [3.8, 4) is 0 Å². The van der Waals surface area contributed by atoms with Crippen molar-refractivity contribution in [1.29, 1.82) is 0 Å². The number of carboxylic acids is 1. The lowest BCUT2D eigenvalue weighted by atomic mass is 9.73. The smallest absolute Gasteiger partial charge is 0.312 e. The zero-order valence-corrected chi connectivity index (χ0v) is 14.3. The van der Waals surface area contributed by atoms with Gasteiger partial charge in [0.05, 0.1) is 11.5 Å². The fourth-order valence-electron chi connectivity index (χ4n) is 3.22. The van der Waals surface area contributed by atoms with Crippen molar-refractivity contribution < 1.29 is 24.9 Å². The molecule has 0 saturated carbocycles. The summed E-state index contributed by atoms with van der Waals surface area (Å²) in [6.45, 7) is 5.69. The highest BCUT2D eigenvalue weighted by Gasteiger charge is 2.47. The van der Waals surface area contributed by atoms with Crippen LogP contribution in [-0.4, -0.2) is 51.9 Å². The number of likely N-dealkylation sites (tertiary alicyclic amines) is 1. The van der Waals surface area contributed by atoms with Crippen molar-refractivity contribution in [3.05, 3.63) is 35.4 Å². The summed E-state index contributed by atoms with van der Waals surface area (Å²) in [6, 6.07) is 8.34. The van der Waals surface area contributed by atoms with Crippen molar-refractivity contribution in [2.45, 2.75) is 45.8 Å². The van der Waals surface area contributed by atoms with Crippen LogP contribution in [0.4, 0.5) is 0 Å². The van der Waals surface area contributed by atoms with Gasteiger partial charge in [-0.25, -0.2) is 0 Å². The van der Waals surface area contributed by atoms with Crippen LogP contribution in [0.25, 0.3) is 0 Å². The summed E-state index contributed by atoms with van der Waals surface area (Å²) in [4.78, 5) is 22.1. The Morgan fingerprint density at radius 3 is 2.42 bits per heavy atom. The summed E-state index contributed by atoms with van der Waals surface area (Å²) < 4.78 is 0. The second kappa shape index (κ2) is 9.39. The molecule has 134 valence electrons. The molecule has 1 aromatic rings. The highest BCUT2D eigenvalue weighted by atomic mass is 16.4. The fraction of sp³-hybridized carbons (Fsp3) is 0.556. The van der Waals surface area contributed by atoms with Crippen LogP contribution in [0.5, 0.6) is 0 Å². The summed E-state index contributed by atoms with van der Waals surface area (Å²) in [5.41, 5.74) is 1.47. The number of benzene rings is 1. The molecule has 1 aliphatic rings. The van der Waals surface area contributed by atoms with E-state index in [-0.39, 0.29) is 6.47 Å². The number of piperidine rings is 1. The number of aryl methyl sites for hydroxylation is 1. The summed E-state index contributed by atoms with van der Waals surface area (Å²) in [5.74, 6) is -0.855. The Morgan fingerprint density at radius 1 is 1.38 bits per heavy atom. The molecule has 1 aliphatic heterocycles. The number of aliphatic hydroxyl groups is 1. The molecule has 2 atom stereocenters. The second-order valence-corrected chi connectivity index (χ2v) is 6.30. The molecule has 3 N–H and O–H groups in total. The van der Waals surface area contributed by atoms with E-state index in [9.17, 15) is 15.0 Å². The maximum atomic E-state index is 11.6. The number of aliphatic hydroxyl groups excluding tert-OH is 1. The molecule has 0 unspecified atom stereocenters. The number of carbonyl (C=O) groups is 2. The lowest BCUT2D eigenvalue weighted by Gasteiger charge is -2.42. The summed E-state index contributed by atoms with van der Waals surface area (Å²) in [5, 5.41) is 26.8. The number of hydrogen-bond acceptors (Lipinski definition) is 4. The molecule has 0 aliphatic carbocycles. The molecule has 1 saturated heterocycles. The van der Waals surface area contributed by atoms with Gasteiger partial charge in [0.1, 0.15) is 0 Å². The first-order valence-corrected chi connectivity index (χ1v) is 8.16. The Hall–Kier alpha value is -1.92. The van der Waals surface area contributed by atoms with Gasteiger partial charge < -0.3 is 15.3 Å². The van der Waals surface area contributed by atoms with E-state index in [0.29, 0.717) is 19.4 Å². The van der Waals surface area contributed by atoms with Crippen molar-refractivity contribution in [1.82, 2.24) is 4.90 Å². The van der Waals surface area contributed by atoms with Gasteiger partial charge in [-0.3, -0.25) is 14.5 Å². The number of nitrogens with zero attached hydrogens (tertiary/aromatic N) is 1. The lowest BCUT2D eigenvalue weighted by molar-refractivity contribution is -0.164. The van der Waals surface area contributed by atoms with E-state index >= 15 is 0 Å². The average molecular weight is 337 g/mol. The maximum Gasteiger partial charge on any atom is 0.312 e. The quantitative estimate of drug-likeness (QED) is 0.712. The van der Waals surface area contributed by atoms with E-state index in [1.807, 2.05) is 6.92 Å². The molecule has 0 spiro atoms. The van der Waals surface area contributed by atoms with Crippen LogP contribution in [0.15, 0.2) is 24.3 Å². The molecule has 1 fully saturated rings. The first-order chi connectivity index (χ1) is 11.4. The summed E-state index contributed by atoms with van der Waals surface area (Å²) in [7, 11) is 0. The Labute approximate surface area is 142 Å². The van der Waals surface area contributed by atoms with Crippen molar-refractivity contribution >= 4 is 12.4 Å². The normalized spacial score (nSPS) is 23.9. The van der Waals surface area contributed by atoms with Gasteiger partial charge in [-0.05, 0) is 31.9 Å². The van der Waals surface area contributed by atoms with Gasteiger partial charge in [0.25, 0.3) is 6.47 Å². The zero-order valence-electron chi connectivity index (χ0n) is 14.3. The highest BCUT2D eigenvalue weighted by Crippen LogP contribution is 2.37. The van der Waals surface area contributed by atoms with Gasteiger partial charge in [-0.15, -0.1) is 0 Å². The molecule has 0 radical (unpaired) electrons. The first kappa shape index (κ1) is 20.1. The minimum atomic E-state index is -0.960. The predicted octanol–water partition coefficient (Wildman–Crippen LogP) is 2.13. The summed E-state index contributed by atoms with van der Waals surface area (Å²) in [6.07, 6.45) is 1.04. The monoisotopic (exact) mass is 337 g/mol. The third-order valence-corrected chi connectivity index (χ3v) is 4.59. The van der Waals surface area contributed by atoms with Crippen LogP contribution in [-0.2, 0) is 16.1 Å². The number of aliphatic carboxylic acids is 1. The molecule has 1 aromatic carbocycles. The standard InChI is InChI=1S/C17H25NO3.CH2O2/c1-3-8-17(16(20)21)9-10-18(12-15(17)19)11-14-6-4-13(2)5-7-14;2-1-3/h4-7,15,19H,3,8-12H2,1-2H3,(H,20,21);1H,(H,2,3)/t15-,17-;/m0./s1. The van der Waals surface area contributed by atoms with E-state index in [2.05, 4.69) is 36.1 Å². The first-order valence-electron chi connectivity index (χ1n) is 8.16. The molecular weight excluding hydrogens is 310 g/mol. The SMILES string of the molecule is CCC[C@]1(C(=O)O)CCN(Cc2ccc(C)cc2)C[C@@H]1O.O=CO. The minimum Gasteiger partial charge on any atom is -0.483 e. The van der Waals surface area contributed by atoms with E-state index < -0.39 is 17.5 Å². The molecule has 1 heterocycles. The highest BCUT2D eigenvalue weighted by molar-refractivity contribution is 5.75. The largest absolute Gasteiger partial charge is 0.483 e. The zero-order chi connectivity index (χ0) is 18.2. The number of hydrogen-bond donors (Lipinski definition) is 3. The van der Waals surface area contributed by atoms with Crippen molar-refractivity contribution in [2.24, 2.45) is 5.41 Å². The third kappa shape index (κ3) is 5.04. The average Bonchev–Trinajstić information content (AvgIpc) is 2.53. The topological polar surface area (TPSA) is 98.1 Å². The number of rotatable bonds is 5. The van der Waals surface area contributed by atoms with E-state index in [4.69, 9.17) is 9.90 Å². The van der Waals surface area contributed by atoms with Crippen LogP contribution >= 0.6 is 0 Å². The Morgan fingerprint density at radius 2 is 1.96 bits per heavy atom. The van der Waals surface area contributed by atoms with Gasteiger partial charge in [-0.1, -0.05) is 43.2 Å². The van der Waals surface area contributed by atoms with Crippen molar-refractivity contribution in [3.63, 3.8) is 0 Å². The molecular formula is C18H27NO5. The number of carboxylic acid groups (broad SMARTS) is 2. The molecule has 6 heteroatoms. The Kier molecular flexibility index (Phi) is 7.88. The van der Waals surface area contributed by atoms with Crippen molar-refractivity contribution in [2.75, 3.05) is 13.1 Å². The fourth-order valence-corrected chi connectivity index (χ4v) is 3.22. The maximum absolute atomic E-state index is 11.6. The molecule has 24 heavy (non-hydrogen) atoms. The lowest BCUT2D eigenvalue weighted by Crippen LogP contribution is -2.54. The Balaban J connectivity index is 0.000000891. The molecule has 0 amide bonds. The summed E-state index contributed by atoms with van der Waals surface area (Å²) >= 11 is 0. The molecule has 6 nitrogen and oxygen atoms in total. The van der Waals surface area contributed by atoms with Gasteiger partial charge in [0.15, 0.2) is 0 Å². The minimum absolute atomic E-state index is 0.250. The predicted molar refractivity (Wildman–Crippen MR) is 90.7 cm³/mol. The van der Waals surface area contributed by atoms with Gasteiger partial charge in [0.2, 0.25) is 0 Å². The molecule has 0 bridgehead atoms. The van der Waals surface area contributed by atoms with E-state index in [0.717, 1.165) is 19.5 Å². The van der Waals surface area contributed by atoms with Gasteiger partial charge >= 0.3 is 5.97 Å².